The molecule has 240 valence electrons. The number of benzene rings is 2. The van der Waals surface area contributed by atoms with Crippen LogP contribution in [0, 0.1) is 0 Å². The van der Waals surface area contributed by atoms with E-state index in [4.69, 9.17) is 18.9 Å². The molecule has 2 aromatic rings. The molecule has 0 aliphatic rings. The maximum absolute atomic E-state index is 11.7. The molecule has 0 heterocycles. The van der Waals surface area contributed by atoms with Crippen LogP contribution >= 0.6 is 0 Å². The number of carboxylic acids is 1. The normalized spacial score (nSPS) is 14.2. The molecule has 2 rings (SSSR count). The summed E-state index contributed by atoms with van der Waals surface area (Å²) in [6.45, 7) is 14.4. The molecule has 0 saturated heterocycles. The molecule has 2 amide bonds. The highest BCUT2D eigenvalue weighted by Gasteiger charge is 2.29. The smallest absolute Gasteiger partial charge is 0.408 e. The first kappa shape index (κ1) is 37.4. The number of nitrogens with one attached hydrogen (secondary N) is 2. The van der Waals surface area contributed by atoms with Gasteiger partial charge in [-0.05, 0) is 66.5 Å². The number of hydrogen-bond donors (Lipinski definition) is 4. The second-order valence-electron chi connectivity index (χ2n) is 11.9. The molecule has 43 heavy (non-hydrogen) atoms. The summed E-state index contributed by atoms with van der Waals surface area (Å²) in [6.07, 6.45) is -2.38. The van der Waals surface area contributed by atoms with Gasteiger partial charge < -0.3 is 39.8 Å². The highest BCUT2D eigenvalue weighted by Crippen LogP contribution is 2.11. The molecule has 0 bridgehead atoms. The zero-order chi connectivity index (χ0) is 32.6. The predicted molar refractivity (Wildman–Crippen MR) is 162 cm³/mol. The van der Waals surface area contributed by atoms with E-state index in [0.717, 1.165) is 11.1 Å². The first-order valence-corrected chi connectivity index (χ1v) is 14.1. The Morgan fingerprint density at radius 2 is 1.09 bits per heavy atom. The number of ether oxygens (including phenoxy) is 4. The van der Waals surface area contributed by atoms with Gasteiger partial charge in [0.25, 0.3) is 0 Å². The van der Waals surface area contributed by atoms with E-state index in [1.54, 1.807) is 55.4 Å². The average molecular weight is 605 g/mol. The van der Waals surface area contributed by atoms with E-state index in [9.17, 15) is 24.6 Å². The van der Waals surface area contributed by atoms with Crippen molar-refractivity contribution < 1.29 is 43.5 Å². The third-order valence-electron chi connectivity index (χ3n) is 5.58. The van der Waals surface area contributed by atoms with Gasteiger partial charge >= 0.3 is 18.2 Å². The Morgan fingerprint density at radius 3 is 1.47 bits per heavy atom. The fourth-order valence-electron chi connectivity index (χ4n) is 3.40. The van der Waals surface area contributed by atoms with E-state index < -0.39 is 47.5 Å². The lowest BCUT2D eigenvalue weighted by atomic mass is 10.1. The molecule has 0 aliphatic carbocycles. The molecule has 0 fully saturated rings. The Labute approximate surface area is 254 Å². The van der Waals surface area contributed by atoms with Crippen LogP contribution in [0.25, 0.3) is 0 Å². The van der Waals surface area contributed by atoms with Crippen LogP contribution in [0.5, 0.6) is 0 Å². The van der Waals surface area contributed by atoms with E-state index in [1.165, 1.54) is 0 Å². The third-order valence-corrected chi connectivity index (χ3v) is 5.58. The number of amides is 2. The van der Waals surface area contributed by atoms with Gasteiger partial charge in [-0.3, -0.25) is 0 Å². The number of aliphatic hydroxyl groups is 1. The number of alkyl carbamates (subject to hydrolysis) is 2. The Morgan fingerprint density at radius 1 is 0.698 bits per heavy atom. The molecule has 4 N–H and O–H groups in total. The predicted octanol–water partition coefficient (Wildman–Crippen LogP) is 5.05. The molecular weight excluding hydrogens is 556 g/mol. The van der Waals surface area contributed by atoms with Crippen molar-refractivity contribution in [2.45, 2.75) is 104 Å². The topological polar surface area (TPSA) is 153 Å². The minimum atomic E-state index is -1.18. The number of hydrogen-bond acceptors (Lipinski definition) is 8. The van der Waals surface area contributed by atoms with Crippen LogP contribution < -0.4 is 10.6 Å². The molecular formula is C32H48N2O9. The highest BCUT2D eigenvalue weighted by atomic mass is 16.6. The van der Waals surface area contributed by atoms with Crippen LogP contribution in [0.15, 0.2) is 60.7 Å². The molecule has 4 atom stereocenters. The zero-order valence-electron chi connectivity index (χ0n) is 26.5. The number of carbonyl (C=O) groups excluding carboxylic acids is 2. The average Bonchev–Trinajstić information content (AvgIpc) is 2.91. The van der Waals surface area contributed by atoms with Gasteiger partial charge in [-0.15, -0.1) is 0 Å². The largest absolute Gasteiger partial charge is 0.480 e. The standard InChI is InChI=1S/C16H23NO5.C16H25NO4/c1-11(21-10-12-8-6-5-7-9-12)13(14(18)19)17-15(20)22-16(2,3)4;1-12(20-11-13-8-6-5-7-9-13)14(10-18)17-15(19)21-16(2,3)4/h5-9,11,13H,10H2,1-4H3,(H,17,20)(H,18,19);5-9,12,14,18H,10-11H2,1-4H3,(H,17,19)/t11-,13+;12-,14-/m11/s1. The minimum absolute atomic E-state index is 0.213. The molecule has 11 nitrogen and oxygen atoms in total. The van der Waals surface area contributed by atoms with E-state index in [1.807, 2.05) is 60.7 Å². The molecule has 0 radical (unpaired) electrons. The van der Waals surface area contributed by atoms with Gasteiger partial charge in [-0.25, -0.2) is 14.4 Å². The molecule has 0 aliphatic heterocycles. The van der Waals surface area contributed by atoms with Crippen molar-refractivity contribution in [3.63, 3.8) is 0 Å². The van der Waals surface area contributed by atoms with Crippen molar-refractivity contribution in [2.75, 3.05) is 6.61 Å². The molecule has 0 saturated carbocycles. The van der Waals surface area contributed by atoms with E-state index in [0.29, 0.717) is 6.61 Å². The summed E-state index contributed by atoms with van der Waals surface area (Å²) < 4.78 is 21.4. The van der Waals surface area contributed by atoms with Crippen molar-refractivity contribution in [1.29, 1.82) is 0 Å². The summed E-state index contributed by atoms with van der Waals surface area (Å²) in [6, 6.07) is 17.4. The van der Waals surface area contributed by atoms with Crippen LogP contribution in [0.3, 0.4) is 0 Å². The van der Waals surface area contributed by atoms with Gasteiger partial charge in [0, 0.05) is 0 Å². The summed E-state index contributed by atoms with van der Waals surface area (Å²) >= 11 is 0. The third kappa shape index (κ3) is 17.1. The van der Waals surface area contributed by atoms with Crippen LogP contribution in [-0.4, -0.2) is 70.5 Å². The van der Waals surface area contributed by atoms with Crippen LogP contribution in [0.1, 0.15) is 66.5 Å². The second kappa shape index (κ2) is 18.1. The first-order chi connectivity index (χ1) is 20.0. The van der Waals surface area contributed by atoms with Gasteiger partial charge in [-0.1, -0.05) is 60.7 Å². The van der Waals surface area contributed by atoms with Crippen molar-refractivity contribution in [3.8, 4) is 0 Å². The van der Waals surface area contributed by atoms with Crippen molar-refractivity contribution >= 4 is 18.2 Å². The van der Waals surface area contributed by atoms with Gasteiger partial charge in [0.2, 0.25) is 0 Å². The van der Waals surface area contributed by atoms with Crippen LogP contribution in [-0.2, 0) is 37.0 Å². The number of carbonyl (C=O) groups is 3. The number of aliphatic hydroxyl groups excluding tert-OH is 1. The van der Waals surface area contributed by atoms with E-state index >= 15 is 0 Å². The summed E-state index contributed by atoms with van der Waals surface area (Å²) in [5.74, 6) is -1.17. The van der Waals surface area contributed by atoms with Gasteiger partial charge in [0.15, 0.2) is 6.04 Å². The lowest BCUT2D eigenvalue weighted by Gasteiger charge is -2.26. The second-order valence-corrected chi connectivity index (χ2v) is 11.9. The van der Waals surface area contributed by atoms with Crippen molar-refractivity contribution in [1.82, 2.24) is 10.6 Å². The van der Waals surface area contributed by atoms with Crippen molar-refractivity contribution in [3.05, 3.63) is 71.8 Å². The maximum atomic E-state index is 11.7. The Kier molecular flexibility index (Phi) is 15.7. The van der Waals surface area contributed by atoms with Gasteiger partial charge in [0.05, 0.1) is 38.1 Å². The monoisotopic (exact) mass is 604 g/mol. The van der Waals surface area contributed by atoms with Gasteiger partial charge in [0.1, 0.15) is 11.2 Å². The summed E-state index contributed by atoms with van der Waals surface area (Å²) in [5.41, 5.74) is 0.702. The first-order valence-electron chi connectivity index (χ1n) is 14.1. The number of rotatable bonds is 12. The fraction of sp³-hybridized carbons (Fsp3) is 0.531. The molecule has 11 heteroatoms. The maximum Gasteiger partial charge on any atom is 0.408 e. The molecule has 0 unspecified atom stereocenters. The van der Waals surface area contributed by atoms with Crippen molar-refractivity contribution in [2.24, 2.45) is 0 Å². The number of carboxylic acid groups (broad SMARTS) is 1. The minimum Gasteiger partial charge on any atom is -0.480 e. The lowest BCUT2D eigenvalue weighted by molar-refractivity contribution is -0.143. The molecule has 0 spiro atoms. The summed E-state index contributed by atoms with van der Waals surface area (Å²) in [5, 5.41) is 23.6. The van der Waals surface area contributed by atoms with Crippen LogP contribution in [0.2, 0.25) is 0 Å². The lowest BCUT2D eigenvalue weighted by Crippen LogP contribution is -2.50. The van der Waals surface area contributed by atoms with Crippen LogP contribution in [0.4, 0.5) is 9.59 Å². The Bertz CT molecular complexity index is 1100. The Balaban J connectivity index is 0.000000430. The fourth-order valence-corrected chi connectivity index (χ4v) is 3.40. The van der Waals surface area contributed by atoms with E-state index in [-0.39, 0.29) is 19.3 Å². The van der Waals surface area contributed by atoms with Gasteiger partial charge in [-0.2, -0.15) is 0 Å². The highest BCUT2D eigenvalue weighted by molar-refractivity contribution is 5.80. The quantitative estimate of drug-likeness (QED) is 0.261. The summed E-state index contributed by atoms with van der Waals surface area (Å²) in [4.78, 5) is 34.7. The summed E-state index contributed by atoms with van der Waals surface area (Å²) in [7, 11) is 0. The number of aliphatic carboxylic acids is 1. The molecule has 0 aromatic heterocycles. The Hall–Kier alpha value is -3.67. The molecule has 2 aromatic carbocycles. The zero-order valence-corrected chi connectivity index (χ0v) is 26.5. The van der Waals surface area contributed by atoms with E-state index in [2.05, 4.69) is 10.6 Å². The SMILES string of the molecule is C[C@@H](OCc1ccccc1)[C@@H](CO)NC(=O)OC(C)(C)C.C[C@@H](OCc1ccccc1)[C@H](NC(=O)OC(C)(C)C)C(=O)O.